The van der Waals surface area contributed by atoms with Crippen molar-refractivity contribution in [2.75, 3.05) is 20.8 Å². The van der Waals surface area contributed by atoms with Gasteiger partial charge in [0.15, 0.2) is 0 Å². The molecule has 0 aromatic heterocycles. The van der Waals surface area contributed by atoms with Crippen molar-refractivity contribution in [1.82, 2.24) is 5.01 Å². The van der Waals surface area contributed by atoms with Crippen molar-refractivity contribution >= 4 is 11.8 Å². The Balaban J connectivity index is 1.75. The number of hydrazone groups is 1. The zero-order valence-electron chi connectivity index (χ0n) is 16.3. The molecule has 1 aliphatic heterocycles. The Morgan fingerprint density at radius 1 is 1.11 bits per heavy atom. The van der Waals surface area contributed by atoms with Crippen molar-refractivity contribution in [2.45, 2.75) is 25.8 Å². The summed E-state index contributed by atoms with van der Waals surface area (Å²) in [6.07, 6.45) is 1.41. The van der Waals surface area contributed by atoms with Crippen LogP contribution in [-0.2, 0) is 11.2 Å². The number of amides is 1. The van der Waals surface area contributed by atoms with Crippen molar-refractivity contribution in [3.05, 3.63) is 59.2 Å². The Labute approximate surface area is 164 Å². The molecule has 0 N–H and O–H groups in total. The molecular formula is C22H24N2O4. The summed E-state index contributed by atoms with van der Waals surface area (Å²) in [5, 5.41) is 6.23. The first-order valence-corrected chi connectivity index (χ1v) is 9.52. The topological polar surface area (TPSA) is 60.4 Å². The van der Waals surface area contributed by atoms with E-state index in [0.717, 1.165) is 41.2 Å². The molecule has 0 fully saturated rings. The second kappa shape index (κ2) is 7.54. The summed E-state index contributed by atoms with van der Waals surface area (Å²) < 4.78 is 15.9. The van der Waals surface area contributed by atoms with Crippen molar-refractivity contribution in [2.24, 2.45) is 11.0 Å². The van der Waals surface area contributed by atoms with Crippen LogP contribution in [0.2, 0.25) is 0 Å². The van der Waals surface area contributed by atoms with Crippen LogP contribution < -0.4 is 9.47 Å². The standard InChI is InChI=1S/C22H24N2O4/c1-4-28-22(25)24-21(14-5-8-16(26-2)9-6-14)19-11-7-15-13-17(27-3)10-12-18(15)20(19)23-24/h5-6,8-10,12-13,19,21H,4,7,11H2,1-3H3/t19-,21+/m1/s1. The van der Waals surface area contributed by atoms with Crippen molar-refractivity contribution in [1.29, 1.82) is 0 Å². The summed E-state index contributed by atoms with van der Waals surface area (Å²) in [4.78, 5) is 12.7. The molecule has 2 aromatic carbocycles. The Hall–Kier alpha value is -3.02. The first-order valence-electron chi connectivity index (χ1n) is 9.52. The summed E-state index contributed by atoms with van der Waals surface area (Å²) >= 11 is 0. The van der Waals surface area contributed by atoms with E-state index >= 15 is 0 Å². The number of carbonyl (C=O) groups is 1. The molecular weight excluding hydrogens is 356 g/mol. The smallest absolute Gasteiger partial charge is 0.430 e. The van der Waals surface area contributed by atoms with Gasteiger partial charge in [-0.1, -0.05) is 12.1 Å². The van der Waals surface area contributed by atoms with Crippen LogP contribution >= 0.6 is 0 Å². The van der Waals surface area contributed by atoms with Crippen LogP contribution in [-0.4, -0.2) is 37.6 Å². The second-order valence-electron chi connectivity index (χ2n) is 6.91. The molecule has 28 heavy (non-hydrogen) atoms. The summed E-state index contributed by atoms with van der Waals surface area (Å²) in [6.45, 7) is 2.12. The molecule has 6 nitrogen and oxygen atoms in total. The number of carbonyl (C=O) groups excluding carboxylic acids is 1. The zero-order chi connectivity index (χ0) is 19.7. The third-order valence-corrected chi connectivity index (χ3v) is 5.44. The maximum atomic E-state index is 12.7. The molecule has 1 heterocycles. The van der Waals surface area contributed by atoms with Crippen LogP contribution in [0.4, 0.5) is 4.79 Å². The van der Waals surface area contributed by atoms with E-state index in [4.69, 9.17) is 19.3 Å². The lowest BCUT2D eigenvalue weighted by Gasteiger charge is -2.29. The number of methoxy groups -OCH3 is 2. The second-order valence-corrected chi connectivity index (χ2v) is 6.91. The highest BCUT2D eigenvalue weighted by Gasteiger charge is 2.44. The molecule has 6 heteroatoms. The van der Waals surface area contributed by atoms with Crippen molar-refractivity contribution in [3.8, 4) is 11.5 Å². The van der Waals surface area contributed by atoms with Gasteiger partial charge in [-0.25, -0.2) is 4.79 Å². The number of hydrogen-bond donors (Lipinski definition) is 0. The highest BCUT2D eigenvalue weighted by molar-refractivity contribution is 6.06. The third kappa shape index (κ3) is 3.09. The van der Waals surface area contributed by atoms with Crippen LogP contribution in [0.25, 0.3) is 0 Å². The molecule has 0 spiro atoms. The van der Waals surface area contributed by atoms with Gasteiger partial charge >= 0.3 is 6.09 Å². The van der Waals surface area contributed by atoms with Gasteiger partial charge in [-0.05, 0) is 61.2 Å². The molecule has 0 saturated carbocycles. The Bertz CT molecular complexity index is 907. The predicted molar refractivity (Wildman–Crippen MR) is 106 cm³/mol. The fourth-order valence-corrected chi connectivity index (χ4v) is 4.10. The molecule has 2 aromatic rings. The molecule has 0 saturated heterocycles. The predicted octanol–water partition coefficient (Wildman–Crippen LogP) is 4.18. The molecule has 2 atom stereocenters. The van der Waals surface area contributed by atoms with Crippen LogP contribution in [0.15, 0.2) is 47.6 Å². The fourth-order valence-electron chi connectivity index (χ4n) is 4.10. The van der Waals surface area contributed by atoms with Gasteiger partial charge < -0.3 is 14.2 Å². The summed E-state index contributed by atoms with van der Waals surface area (Å²) in [7, 11) is 3.31. The first-order chi connectivity index (χ1) is 13.7. The van der Waals surface area contributed by atoms with Crippen molar-refractivity contribution < 1.29 is 19.0 Å². The van der Waals surface area contributed by atoms with Gasteiger partial charge in [0.25, 0.3) is 0 Å². The third-order valence-electron chi connectivity index (χ3n) is 5.44. The lowest BCUT2D eigenvalue weighted by atomic mass is 9.77. The van der Waals surface area contributed by atoms with Crippen LogP contribution in [0.5, 0.6) is 11.5 Å². The number of fused-ring (bicyclic) bond motifs is 3. The number of ether oxygens (including phenoxy) is 3. The fraction of sp³-hybridized carbons (Fsp3) is 0.364. The molecule has 0 unspecified atom stereocenters. The van der Waals surface area contributed by atoms with E-state index in [1.165, 1.54) is 10.6 Å². The highest BCUT2D eigenvalue weighted by Crippen LogP contribution is 2.44. The maximum Gasteiger partial charge on any atom is 0.430 e. The quantitative estimate of drug-likeness (QED) is 0.798. The largest absolute Gasteiger partial charge is 0.497 e. The van der Waals surface area contributed by atoms with Gasteiger partial charge in [-0.3, -0.25) is 0 Å². The Morgan fingerprint density at radius 3 is 2.50 bits per heavy atom. The molecule has 4 rings (SSSR count). The molecule has 1 aliphatic carbocycles. The van der Waals surface area contributed by atoms with E-state index in [1.54, 1.807) is 21.1 Å². The number of hydrogen-bond acceptors (Lipinski definition) is 5. The minimum absolute atomic E-state index is 0.124. The normalized spacial score (nSPS) is 20.1. The van der Waals surface area contributed by atoms with Gasteiger partial charge in [-0.2, -0.15) is 10.1 Å². The van der Waals surface area contributed by atoms with E-state index < -0.39 is 6.09 Å². The minimum Gasteiger partial charge on any atom is -0.497 e. The van der Waals surface area contributed by atoms with E-state index in [-0.39, 0.29) is 12.0 Å². The average Bonchev–Trinajstić information content (AvgIpc) is 3.13. The van der Waals surface area contributed by atoms with E-state index in [2.05, 4.69) is 6.07 Å². The number of aryl methyl sites for hydroxylation is 1. The Kier molecular flexibility index (Phi) is 4.94. The Morgan fingerprint density at radius 2 is 1.82 bits per heavy atom. The minimum atomic E-state index is -0.416. The molecule has 1 amide bonds. The monoisotopic (exact) mass is 380 g/mol. The molecule has 2 aliphatic rings. The summed E-state index contributed by atoms with van der Waals surface area (Å²) in [5.74, 6) is 1.75. The molecule has 0 radical (unpaired) electrons. The van der Waals surface area contributed by atoms with Crippen LogP contribution in [0.3, 0.4) is 0 Å². The van der Waals surface area contributed by atoms with Crippen molar-refractivity contribution in [3.63, 3.8) is 0 Å². The van der Waals surface area contributed by atoms with Gasteiger partial charge in [0.05, 0.1) is 32.6 Å². The lowest BCUT2D eigenvalue weighted by molar-refractivity contribution is 0.0909. The summed E-state index contributed by atoms with van der Waals surface area (Å²) in [5.41, 5.74) is 4.25. The van der Waals surface area contributed by atoms with E-state index in [1.807, 2.05) is 36.4 Å². The van der Waals surface area contributed by atoms with Gasteiger partial charge in [-0.15, -0.1) is 0 Å². The summed E-state index contributed by atoms with van der Waals surface area (Å²) in [6, 6.07) is 13.7. The van der Waals surface area contributed by atoms with Gasteiger partial charge in [0.1, 0.15) is 11.5 Å². The first kappa shape index (κ1) is 18.3. The zero-order valence-corrected chi connectivity index (χ0v) is 16.3. The number of rotatable bonds is 4. The number of nitrogens with zero attached hydrogens (tertiary/aromatic N) is 2. The van der Waals surface area contributed by atoms with Crippen LogP contribution in [0, 0.1) is 5.92 Å². The van der Waals surface area contributed by atoms with Gasteiger partial charge in [0, 0.05) is 11.5 Å². The maximum absolute atomic E-state index is 12.7. The number of benzene rings is 2. The molecule has 0 bridgehead atoms. The SMILES string of the molecule is CCOC(=O)N1N=C2c3ccc(OC)cc3CC[C@H]2[C@@H]1c1ccc(OC)cc1. The lowest BCUT2D eigenvalue weighted by Crippen LogP contribution is -2.32. The highest BCUT2D eigenvalue weighted by atomic mass is 16.6. The average molecular weight is 380 g/mol. The molecule has 146 valence electrons. The van der Waals surface area contributed by atoms with Crippen LogP contribution in [0.1, 0.15) is 36.1 Å². The van der Waals surface area contributed by atoms with E-state index in [0.29, 0.717) is 6.61 Å². The van der Waals surface area contributed by atoms with Gasteiger partial charge in [0.2, 0.25) is 0 Å². The van der Waals surface area contributed by atoms with E-state index in [9.17, 15) is 4.79 Å².